The first kappa shape index (κ1) is 10.6. The van der Waals surface area contributed by atoms with E-state index in [2.05, 4.69) is 58.8 Å². The Morgan fingerprint density at radius 2 is 2.12 bits per heavy atom. The van der Waals surface area contributed by atoms with Crippen LogP contribution in [0.3, 0.4) is 0 Å². The van der Waals surface area contributed by atoms with Gasteiger partial charge in [-0.15, -0.1) is 0 Å². The maximum atomic E-state index is 2.36. The first-order valence-electron chi connectivity index (χ1n) is 5.96. The van der Waals surface area contributed by atoms with Gasteiger partial charge >= 0.3 is 0 Å². The van der Waals surface area contributed by atoms with Gasteiger partial charge in [0, 0.05) is 12.7 Å². The third-order valence-corrected chi connectivity index (χ3v) is 3.92. The quantitative estimate of drug-likeness (QED) is 0.644. The minimum atomic E-state index is 0.976. The number of nitrogens with zero attached hydrogens (tertiary/aromatic N) is 1. The molecule has 0 atom stereocenters. The van der Waals surface area contributed by atoms with Crippen molar-refractivity contribution in [2.75, 3.05) is 0 Å². The molecule has 0 aliphatic carbocycles. The SMILES string of the molecule is CCc1cccc2ccn(Cc3ccsc3)c12. The second kappa shape index (κ2) is 4.38. The van der Waals surface area contributed by atoms with Crippen LogP contribution in [0.25, 0.3) is 10.9 Å². The maximum Gasteiger partial charge on any atom is 0.0515 e. The number of hydrogen-bond donors (Lipinski definition) is 0. The fourth-order valence-electron chi connectivity index (χ4n) is 2.34. The third-order valence-electron chi connectivity index (χ3n) is 3.19. The molecular formula is C15H15NS. The monoisotopic (exact) mass is 241 g/mol. The summed E-state index contributed by atoms with van der Waals surface area (Å²) in [5, 5.41) is 5.71. The van der Waals surface area contributed by atoms with Gasteiger partial charge in [-0.2, -0.15) is 11.3 Å². The molecule has 0 aliphatic rings. The summed E-state index contributed by atoms with van der Waals surface area (Å²) in [6, 6.07) is 11.0. The molecule has 3 rings (SSSR count). The Balaban J connectivity index is 2.10. The molecule has 2 heterocycles. The van der Waals surface area contributed by atoms with Crippen LogP contribution in [0.4, 0.5) is 0 Å². The van der Waals surface area contributed by atoms with Crippen LogP contribution >= 0.6 is 11.3 Å². The molecule has 86 valence electrons. The summed E-state index contributed by atoms with van der Waals surface area (Å²) in [5.74, 6) is 0. The van der Waals surface area contributed by atoms with Gasteiger partial charge in [-0.3, -0.25) is 0 Å². The second-order valence-electron chi connectivity index (χ2n) is 4.28. The van der Waals surface area contributed by atoms with Gasteiger partial charge in [0.25, 0.3) is 0 Å². The molecule has 0 aliphatic heterocycles. The summed E-state index contributed by atoms with van der Waals surface area (Å²) >= 11 is 1.76. The van der Waals surface area contributed by atoms with Crippen LogP contribution in [-0.2, 0) is 13.0 Å². The largest absolute Gasteiger partial charge is 0.343 e. The van der Waals surface area contributed by atoms with Gasteiger partial charge in [0.1, 0.15) is 0 Å². The lowest BCUT2D eigenvalue weighted by molar-refractivity contribution is 0.834. The normalized spacial score (nSPS) is 11.1. The summed E-state index contributed by atoms with van der Waals surface area (Å²) in [4.78, 5) is 0. The van der Waals surface area contributed by atoms with Crippen LogP contribution in [0.1, 0.15) is 18.1 Å². The van der Waals surface area contributed by atoms with Gasteiger partial charge in [0.05, 0.1) is 5.52 Å². The van der Waals surface area contributed by atoms with Crippen LogP contribution in [0.5, 0.6) is 0 Å². The number of fused-ring (bicyclic) bond motifs is 1. The van der Waals surface area contributed by atoms with E-state index >= 15 is 0 Å². The molecule has 0 spiro atoms. The summed E-state index contributed by atoms with van der Waals surface area (Å²) in [6.45, 7) is 3.20. The zero-order valence-electron chi connectivity index (χ0n) is 9.89. The van der Waals surface area contributed by atoms with E-state index in [1.165, 1.54) is 22.0 Å². The van der Waals surface area contributed by atoms with Gasteiger partial charge in [0.15, 0.2) is 0 Å². The summed E-state index contributed by atoms with van der Waals surface area (Å²) < 4.78 is 2.36. The minimum absolute atomic E-state index is 0.976. The van der Waals surface area contributed by atoms with Crippen molar-refractivity contribution < 1.29 is 0 Å². The van der Waals surface area contributed by atoms with Gasteiger partial charge in [0.2, 0.25) is 0 Å². The molecule has 0 amide bonds. The summed E-state index contributed by atoms with van der Waals surface area (Å²) in [7, 11) is 0. The minimum Gasteiger partial charge on any atom is -0.343 e. The molecule has 1 nitrogen and oxygen atoms in total. The van der Waals surface area contributed by atoms with E-state index in [4.69, 9.17) is 0 Å². The topological polar surface area (TPSA) is 4.93 Å². The van der Waals surface area contributed by atoms with Crippen molar-refractivity contribution in [3.8, 4) is 0 Å². The highest BCUT2D eigenvalue weighted by molar-refractivity contribution is 7.07. The molecular weight excluding hydrogens is 226 g/mol. The van der Waals surface area contributed by atoms with Gasteiger partial charge in [-0.1, -0.05) is 25.1 Å². The number of aryl methyl sites for hydroxylation is 1. The first-order chi connectivity index (χ1) is 8.38. The summed E-state index contributed by atoms with van der Waals surface area (Å²) in [5.41, 5.74) is 4.21. The van der Waals surface area contributed by atoms with E-state index in [0.717, 1.165) is 13.0 Å². The predicted molar refractivity (Wildman–Crippen MR) is 74.7 cm³/mol. The zero-order valence-corrected chi connectivity index (χ0v) is 10.7. The number of para-hydroxylation sites is 1. The van der Waals surface area contributed by atoms with Crippen LogP contribution < -0.4 is 0 Å². The fourth-order valence-corrected chi connectivity index (χ4v) is 3.00. The Kier molecular flexibility index (Phi) is 2.73. The molecule has 1 aromatic carbocycles. The lowest BCUT2D eigenvalue weighted by Crippen LogP contribution is -1.98. The van der Waals surface area contributed by atoms with Crippen molar-refractivity contribution in [1.82, 2.24) is 4.57 Å². The highest BCUT2D eigenvalue weighted by Crippen LogP contribution is 2.22. The van der Waals surface area contributed by atoms with Crippen LogP contribution in [0.15, 0.2) is 47.3 Å². The van der Waals surface area contributed by atoms with Gasteiger partial charge in [-0.05, 0) is 45.8 Å². The van der Waals surface area contributed by atoms with E-state index in [-0.39, 0.29) is 0 Å². The average Bonchev–Trinajstić information content (AvgIpc) is 2.99. The van der Waals surface area contributed by atoms with E-state index in [9.17, 15) is 0 Å². The molecule has 0 fully saturated rings. The first-order valence-corrected chi connectivity index (χ1v) is 6.90. The van der Waals surface area contributed by atoms with E-state index in [0.29, 0.717) is 0 Å². The molecule has 0 saturated carbocycles. The van der Waals surface area contributed by atoms with E-state index < -0.39 is 0 Å². The van der Waals surface area contributed by atoms with Crippen molar-refractivity contribution in [3.05, 3.63) is 58.4 Å². The number of thiophene rings is 1. The van der Waals surface area contributed by atoms with Crippen molar-refractivity contribution in [2.24, 2.45) is 0 Å². The van der Waals surface area contributed by atoms with Crippen LogP contribution in [0.2, 0.25) is 0 Å². The highest BCUT2D eigenvalue weighted by Gasteiger charge is 2.05. The van der Waals surface area contributed by atoms with Crippen LogP contribution in [-0.4, -0.2) is 4.57 Å². The smallest absolute Gasteiger partial charge is 0.0515 e. The zero-order chi connectivity index (χ0) is 11.7. The van der Waals surface area contributed by atoms with Crippen LogP contribution in [0, 0.1) is 0 Å². The molecule has 17 heavy (non-hydrogen) atoms. The Labute approximate surface area is 105 Å². The fraction of sp³-hybridized carbons (Fsp3) is 0.200. The molecule has 3 aromatic rings. The predicted octanol–water partition coefficient (Wildman–Crippen LogP) is 4.31. The molecule has 0 unspecified atom stereocenters. The van der Waals surface area contributed by atoms with Crippen molar-refractivity contribution in [1.29, 1.82) is 0 Å². The lowest BCUT2D eigenvalue weighted by atomic mass is 10.1. The summed E-state index contributed by atoms with van der Waals surface area (Å²) in [6.07, 6.45) is 3.28. The average molecular weight is 241 g/mol. The highest BCUT2D eigenvalue weighted by atomic mass is 32.1. The van der Waals surface area contributed by atoms with Crippen molar-refractivity contribution in [2.45, 2.75) is 19.9 Å². The third kappa shape index (κ3) is 1.89. The molecule has 0 saturated heterocycles. The molecule has 0 N–H and O–H groups in total. The lowest BCUT2D eigenvalue weighted by Gasteiger charge is -2.07. The maximum absolute atomic E-state index is 2.36. The Bertz CT molecular complexity index is 619. The number of aromatic nitrogens is 1. The molecule has 2 aromatic heterocycles. The Hall–Kier alpha value is -1.54. The van der Waals surface area contributed by atoms with E-state index in [1.54, 1.807) is 11.3 Å². The number of hydrogen-bond acceptors (Lipinski definition) is 1. The standard InChI is InChI=1S/C15H15NS/c1-2-13-4-3-5-14-6-8-16(15(13)14)10-12-7-9-17-11-12/h3-9,11H,2,10H2,1H3. The van der Waals surface area contributed by atoms with Crippen molar-refractivity contribution >= 4 is 22.2 Å². The number of rotatable bonds is 3. The van der Waals surface area contributed by atoms with Crippen molar-refractivity contribution in [3.63, 3.8) is 0 Å². The Morgan fingerprint density at radius 3 is 2.88 bits per heavy atom. The molecule has 0 bridgehead atoms. The Morgan fingerprint density at radius 1 is 1.18 bits per heavy atom. The van der Waals surface area contributed by atoms with Gasteiger partial charge in [-0.25, -0.2) is 0 Å². The van der Waals surface area contributed by atoms with Gasteiger partial charge < -0.3 is 4.57 Å². The number of benzene rings is 1. The van der Waals surface area contributed by atoms with E-state index in [1.807, 2.05) is 0 Å². The molecule has 0 radical (unpaired) electrons. The molecule has 2 heteroatoms. The second-order valence-corrected chi connectivity index (χ2v) is 5.06.